The van der Waals surface area contributed by atoms with Crippen molar-refractivity contribution >= 4 is 32.6 Å². The van der Waals surface area contributed by atoms with Crippen molar-refractivity contribution in [2.75, 3.05) is 0 Å². The van der Waals surface area contributed by atoms with E-state index < -0.39 is 6.10 Å². The van der Waals surface area contributed by atoms with E-state index in [-0.39, 0.29) is 5.78 Å². The summed E-state index contributed by atoms with van der Waals surface area (Å²) in [4.78, 5) is 12.9. The minimum atomic E-state index is -0.914. The topological polar surface area (TPSA) is 42.2 Å². The van der Waals surface area contributed by atoms with Crippen LogP contribution < -0.4 is 0 Å². The third-order valence-electron chi connectivity index (χ3n) is 4.50. The van der Waals surface area contributed by atoms with Crippen LogP contribution in [0.25, 0.3) is 10.9 Å². The van der Waals surface area contributed by atoms with Gasteiger partial charge in [0.05, 0.1) is 5.52 Å². The summed E-state index contributed by atoms with van der Waals surface area (Å²) < 4.78 is 2.64. The van der Waals surface area contributed by atoms with Gasteiger partial charge in [0, 0.05) is 33.2 Å². The Labute approximate surface area is 171 Å². The first-order valence-corrected chi connectivity index (χ1v) is 9.58. The number of aliphatic hydroxyl groups excluding tert-OH is 1. The highest BCUT2D eigenvalue weighted by Crippen LogP contribution is 2.24. The molecule has 28 heavy (non-hydrogen) atoms. The standard InChI is InChI=1S/C24H16BrNO2/c25-19-12-10-17(11-13-19)23(27)14-15-26-16-21(20-8-4-5-9-22(20)26)24(28)18-6-2-1-3-7-18/h1-13,16,23,27H. The Morgan fingerprint density at radius 2 is 1.61 bits per heavy atom. The van der Waals surface area contributed by atoms with Gasteiger partial charge < -0.3 is 5.11 Å². The van der Waals surface area contributed by atoms with Crippen molar-refractivity contribution in [3.63, 3.8) is 0 Å². The Bertz CT molecular complexity index is 1200. The molecule has 0 bridgehead atoms. The number of halogens is 1. The van der Waals surface area contributed by atoms with Crippen molar-refractivity contribution in [3.8, 4) is 12.0 Å². The molecule has 1 atom stereocenters. The fourth-order valence-corrected chi connectivity index (χ4v) is 3.32. The molecule has 0 aliphatic heterocycles. The molecule has 4 rings (SSSR count). The molecule has 0 aliphatic rings. The maximum Gasteiger partial charge on any atom is 0.195 e. The Hall–Kier alpha value is -3.13. The van der Waals surface area contributed by atoms with Crippen molar-refractivity contribution in [1.82, 2.24) is 4.57 Å². The Morgan fingerprint density at radius 3 is 2.36 bits per heavy atom. The number of benzene rings is 3. The number of fused-ring (bicyclic) bond motifs is 1. The summed E-state index contributed by atoms with van der Waals surface area (Å²) in [6.07, 6.45) is 0.823. The van der Waals surface area contributed by atoms with Crippen LogP contribution >= 0.6 is 15.9 Å². The molecule has 0 saturated heterocycles. The third-order valence-corrected chi connectivity index (χ3v) is 5.03. The summed E-state index contributed by atoms with van der Waals surface area (Å²) in [5.41, 5.74) is 2.77. The predicted molar refractivity (Wildman–Crippen MR) is 114 cm³/mol. The van der Waals surface area contributed by atoms with Crippen LogP contribution in [0.3, 0.4) is 0 Å². The number of nitrogens with zero attached hydrogens (tertiary/aromatic N) is 1. The molecule has 136 valence electrons. The number of carbonyl (C=O) groups excluding carboxylic acids is 1. The zero-order valence-electron chi connectivity index (χ0n) is 14.8. The number of aliphatic hydroxyl groups is 1. The van der Waals surface area contributed by atoms with E-state index in [1.54, 1.807) is 22.9 Å². The molecule has 3 aromatic carbocycles. The molecule has 0 aliphatic carbocycles. The summed E-state index contributed by atoms with van der Waals surface area (Å²) in [6.45, 7) is 0. The zero-order valence-corrected chi connectivity index (χ0v) is 16.4. The molecule has 0 spiro atoms. The number of ketones is 1. The average molecular weight is 430 g/mol. The van der Waals surface area contributed by atoms with Gasteiger partial charge >= 0.3 is 0 Å². The van der Waals surface area contributed by atoms with Crippen molar-refractivity contribution in [2.24, 2.45) is 0 Å². The predicted octanol–water partition coefficient (Wildman–Crippen LogP) is 5.18. The molecule has 1 unspecified atom stereocenters. The maximum absolute atomic E-state index is 12.9. The largest absolute Gasteiger partial charge is 0.376 e. The number of para-hydroxylation sites is 1. The normalized spacial score (nSPS) is 11.6. The smallest absolute Gasteiger partial charge is 0.195 e. The lowest BCUT2D eigenvalue weighted by atomic mass is 10.0. The molecule has 0 radical (unpaired) electrons. The minimum Gasteiger partial charge on any atom is -0.376 e. The SMILES string of the molecule is O=C(c1ccccc1)c1cn(C#CC(O)c2ccc(Br)cc2)c2ccccc12. The van der Waals surface area contributed by atoms with E-state index in [2.05, 4.69) is 27.9 Å². The van der Waals surface area contributed by atoms with Crippen molar-refractivity contribution in [3.05, 3.63) is 106 Å². The number of rotatable bonds is 3. The van der Waals surface area contributed by atoms with Crippen LogP contribution in [-0.4, -0.2) is 15.5 Å². The first-order valence-electron chi connectivity index (χ1n) is 8.78. The van der Waals surface area contributed by atoms with Crippen LogP contribution in [0, 0.1) is 12.0 Å². The lowest BCUT2D eigenvalue weighted by Crippen LogP contribution is -2.00. The maximum atomic E-state index is 12.9. The van der Waals surface area contributed by atoms with E-state index >= 15 is 0 Å². The van der Waals surface area contributed by atoms with Gasteiger partial charge in [0.25, 0.3) is 0 Å². The van der Waals surface area contributed by atoms with E-state index in [1.807, 2.05) is 66.7 Å². The molecule has 0 fully saturated rings. The zero-order chi connectivity index (χ0) is 19.5. The Balaban J connectivity index is 1.73. The second-order valence-corrected chi connectivity index (χ2v) is 7.25. The first kappa shape index (κ1) is 18.2. The molecule has 1 heterocycles. The Morgan fingerprint density at radius 1 is 0.929 bits per heavy atom. The summed E-state index contributed by atoms with van der Waals surface area (Å²) in [5, 5.41) is 11.2. The lowest BCUT2D eigenvalue weighted by Gasteiger charge is -2.03. The monoisotopic (exact) mass is 429 g/mol. The van der Waals surface area contributed by atoms with E-state index in [9.17, 15) is 9.90 Å². The second-order valence-electron chi connectivity index (χ2n) is 6.34. The Kier molecular flexibility index (Phi) is 5.12. The summed E-state index contributed by atoms with van der Waals surface area (Å²) in [7, 11) is 0. The van der Waals surface area contributed by atoms with Crippen molar-refractivity contribution < 1.29 is 9.90 Å². The van der Waals surface area contributed by atoms with Gasteiger partial charge in [0.1, 0.15) is 6.10 Å². The summed E-state index contributed by atoms with van der Waals surface area (Å²) in [5.74, 6) is 2.81. The van der Waals surface area contributed by atoms with Gasteiger partial charge in [-0.2, -0.15) is 0 Å². The number of aromatic nitrogens is 1. The van der Waals surface area contributed by atoms with E-state index in [0.29, 0.717) is 16.7 Å². The van der Waals surface area contributed by atoms with Crippen LogP contribution in [0.5, 0.6) is 0 Å². The van der Waals surface area contributed by atoms with Gasteiger partial charge in [-0.15, -0.1) is 0 Å². The van der Waals surface area contributed by atoms with Gasteiger partial charge in [-0.1, -0.05) is 76.6 Å². The van der Waals surface area contributed by atoms with Crippen LogP contribution in [0.2, 0.25) is 0 Å². The second kappa shape index (κ2) is 7.85. The van der Waals surface area contributed by atoms with Gasteiger partial charge in [0.2, 0.25) is 0 Å². The molecule has 1 N–H and O–H groups in total. The van der Waals surface area contributed by atoms with Gasteiger partial charge in [0.15, 0.2) is 5.78 Å². The number of hydrogen-bond donors (Lipinski definition) is 1. The van der Waals surface area contributed by atoms with Crippen molar-refractivity contribution in [1.29, 1.82) is 0 Å². The van der Waals surface area contributed by atoms with E-state index in [0.717, 1.165) is 15.4 Å². The van der Waals surface area contributed by atoms with Crippen LogP contribution in [0.4, 0.5) is 0 Å². The lowest BCUT2D eigenvalue weighted by molar-refractivity contribution is 0.104. The molecular weight excluding hydrogens is 414 g/mol. The van der Waals surface area contributed by atoms with Gasteiger partial charge in [-0.3, -0.25) is 9.36 Å². The van der Waals surface area contributed by atoms with Crippen LogP contribution in [-0.2, 0) is 0 Å². The van der Waals surface area contributed by atoms with Crippen LogP contribution in [0.15, 0.2) is 89.5 Å². The summed E-state index contributed by atoms with van der Waals surface area (Å²) >= 11 is 3.38. The highest BCUT2D eigenvalue weighted by molar-refractivity contribution is 9.10. The quantitative estimate of drug-likeness (QED) is 0.360. The molecule has 3 nitrogen and oxygen atoms in total. The molecule has 0 amide bonds. The highest BCUT2D eigenvalue weighted by Gasteiger charge is 2.16. The third kappa shape index (κ3) is 3.63. The molecule has 4 aromatic rings. The molecule has 0 saturated carbocycles. The number of hydrogen-bond acceptors (Lipinski definition) is 2. The average Bonchev–Trinajstić information content (AvgIpc) is 3.11. The van der Waals surface area contributed by atoms with Gasteiger partial charge in [-0.25, -0.2) is 0 Å². The van der Waals surface area contributed by atoms with E-state index in [1.165, 1.54) is 0 Å². The molecule has 4 heteroatoms. The van der Waals surface area contributed by atoms with Gasteiger partial charge in [-0.05, 0) is 29.7 Å². The van der Waals surface area contributed by atoms with Crippen molar-refractivity contribution in [2.45, 2.75) is 6.10 Å². The van der Waals surface area contributed by atoms with Crippen LogP contribution in [0.1, 0.15) is 27.6 Å². The molecular formula is C24H16BrNO2. The fraction of sp³-hybridized carbons (Fsp3) is 0.0417. The number of carbonyl (C=O) groups is 1. The summed E-state index contributed by atoms with van der Waals surface area (Å²) in [6, 6.07) is 27.2. The molecule has 1 aromatic heterocycles. The highest BCUT2D eigenvalue weighted by atomic mass is 79.9. The fourth-order valence-electron chi connectivity index (χ4n) is 3.06. The first-order chi connectivity index (χ1) is 13.6. The van der Waals surface area contributed by atoms with E-state index in [4.69, 9.17) is 0 Å². The minimum absolute atomic E-state index is 0.0502.